The van der Waals surface area contributed by atoms with Crippen LogP contribution in [-0.4, -0.2) is 37.0 Å². The summed E-state index contributed by atoms with van der Waals surface area (Å²) in [5, 5.41) is 12.1. The van der Waals surface area contributed by atoms with Crippen molar-refractivity contribution < 1.29 is 18.3 Å². The number of rotatable bonds is 4. The smallest absolute Gasteiger partial charge is 0.336 e. The molecule has 0 radical (unpaired) electrons. The Kier molecular flexibility index (Phi) is 3.68. The van der Waals surface area contributed by atoms with E-state index >= 15 is 0 Å². The fourth-order valence-electron chi connectivity index (χ4n) is 2.09. The molecule has 18 heavy (non-hydrogen) atoms. The third-order valence-corrected chi connectivity index (χ3v) is 4.83. The van der Waals surface area contributed by atoms with Gasteiger partial charge in [-0.15, -0.1) is 0 Å². The first-order valence-electron chi connectivity index (χ1n) is 5.73. The monoisotopic (exact) mass is 269 g/mol. The van der Waals surface area contributed by atoms with Crippen LogP contribution in [0.25, 0.3) is 0 Å². The maximum atomic E-state index is 11.3. The van der Waals surface area contributed by atoms with E-state index in [0.717, 1.165) is 0 Å². The van der Waals surface area contributed by atoms with Crippen LogP contribution in [0.1, 0.15) is 22.3 Å². The average molecular weight is 269 g/mol. The number of sulfone groups is 1. The molecule has 98 valence electrons. The average Bonchev–Trinajstić information content (AvgIpc) is 2.66. The van der Waals surface area contributed by atoms with Crippen LogP contribution in [0, 0.1) is 0 Å². The molecule has 0 spiro atoms. The second kappa shape index (κ2) is 5.07. The molecule has 5 nitrogen and oxygen atoms in total. The third kappa shape index (κ3) is 3.08. The zero-order valence-electron chi connectivity index (χ0n) is 9.80. The molecular weight excluding hydrogens is 254 g/mol. The maximum absolute atomic E-state index is 11.3. The maximum Gasteiger partial charge on any atom is 0.336 e. The molecule has 2 rings (SSSR count). The van der Waals surface area contributed by atoms with Crippen molar-refractivity contribution in [2.45, 2.75) is 19.0 Å². The zero-order valence-corrected chi connectivity index (χ0v) is 10.6. The molecule has 0 aliphatic carbocycles. The van der Waals surface area contributed by atoms with Crippen molar-refractivity contribution in [3.63, 3.8) is 0 Å². The first-order chi connectivity index (χ1) is 8.48. The van der Waals surface area contributed by atoms with Gasteiger partial charge in [0.25, 0.3) is 0 Å². The van der Waals surface area contributed by atoms with Crippen LogP contribution in [0.4, 0.5) is 0 Å². The van der Waals surface area contributed by atoms with E-state index in [-0.39, 0.29) is 23.1 Å². The number of benzene rings is 1. The summed E-state index contributed by atoms with van der Waals surface area (Å²) in [5.41, 5.74) is 0.931. The van der Waals surface area contributed by atoms with Gasteiger partial charge in [0.2, 0.25) is 0 Å². The molecular formula is C12H15NO4S. The van der Waals surface area contributed by atoms with Crippen molar-refractivity contribution in [1.29, 1.82) is 0 Å². The summed E-state index contributed by atoms with van der Waals surface area (Å²) in [6.07, 6.45) is 0.595. The molecule has 1 aliphatic rings. The fourth-order valence-corrected chi connectivity index (χ4v) is 3.80. The van der Waals surface area contributed by atoms with Gasteiger partial charge >= 0.3 is 5.97 Å². The zero-order chi connectivity index (χ0) is 13.2. The number of carboxylic acids is 1. The Balaban J connectivity index is 2.01. The third-order valence-electron chi connectivity index (χ3n) is 3.06. The van der Waals surface area contributed by atoms with Crippen LogP contribution in [0.3, 0.4) is 0 Å². The first kappa shape index (κ1) is 13.0. The summed E-state index contributed by atoms with van der Waals surface area (Å²) < 4.78 is 22.6. The summed E-state index contributed by atoms with van der Waals surface area (Å²) in [6.45, 7) is 0.378. The number of hydrogen-bond acceptors (Lipinski definition) is 4. The summed E-state index contributed by atoms with van der Waals surface area (Å²) in [5.74, 6) is -0.612. The van der Waals surface area contributed by atoms with Crippen molar-refractivity contribution in [2.75, 3.05) is 11.5 Å². The number of carboxylic acid groups (broad SMARTS) is 1. The molecule has 0 bridgehead atoms. The first-order valence-corrected chi connectivity index (χ1v) is 7.55. The van der Waals surface area contributed by atoms with Crippen LogP contribution >= 0.6 is 0 Å². The van der Waals surface area contributed by atoms with Crippen LogP contribution in [0.5, 0.6) is 0 Å². The molecule has 1 aliphatic heterocycles. The molecule has 0 saturated carbocycles. The molecule has 2 N–H and O–H groups in total. The predicted octanol–water partition coefficient (Wildman–Crippen LogP) is 0.661. The Morgan fingerprint density at radius 3 is 2.72 bits per heavy atom. The van der Waals surface area contributed by atoms with Crippen LogP contribution in [0.2, 0.25) is 0 Å². The van der Waals surface area contributed by atoms with E-state index in [1.54, 1.807) is 24.3 Å². The van der Waals surface area contributed by atoms with E-state index < -0.39 is 15.8 Å². The van der Waals surface area contributed by atoms with Gasteiger partial charge in [-0.05, 0) is 18.1 Å². The number of aromatic carboxylic acids is 1. The van der Waals surface area contributed by atoms with E-state index in [2.05, 4.69) is 5.32 Å². The van der Waals surface area contributed by atoms with Crippen LogP contribution in [-0.2, 0) is 16.4 Å². The van der Waals surface area contributed by atoms with Gasteiger partial charge in [-0.25, -0.2) is 13.2 Å². The molecule has 1 unspecified atom stereocenters. The minimum Gasteiger partial charge on any atom is -0.478 e. The van der Waals surface area contributed by atoms with Crippen molar-refractivity contribution in [2.24, 2.45) is 0 Å². The minimum atomic E-state index is -2.91. The number of carbonyl (C=O) groups is 1. The predicted molar refractivity (Wildman–Crippen MR) is 67.3 cm³/mol. The Morgan fingerprint density at radius 1 is 1.39 bits per heavy atom. The summed E-state index contributed by atoms with van der Waals surface area (Å²) >= 11 is 0. The highest BCUT2D eigenvalue weighted by molar-refractivity contribution is 7.91. The SMILES string of the molecule is O=C(O)c1ccccc1CNC1CCS(=O)(=O)C1. The van der Waals surface area contributed by atoms with Gasteiger partial charge in [-0.3, -0.25) is 0 Å². The normalized spacial score (nSPS) is 21.9. The largest absolute Gasteiger partial charge is 0.478 e. The van der Waals surface area contributed by atoms with Crippen LogP contribution in [0.15, 0.2) is 24.3 Å². The van der Waals surface area contributed by atoms with Crippen molar-refractivity contribution in [3.05, 3.63) is 35.4 Å². The standard InChI is InChI=1S/C12H15NO4S/c14-12(15)11-4-2-1-3-9(11)7-13-10-5-6-18(16,17)8-10/h1-4,10,13H,5-8H2,(H,14,15). The molecule has 1 aromatic rings. The van der Waals surface area contributed by atoms with Crippen molar-refractivity contribution in [3.8, 4) is 0 Å². The van der Waals surface area contributed by atoms with Gasteiger partial charge in [0, 0.05) is 12.6 Å². The van der Waals surface area contributed by atoms with Gasteiger partial charge in [0.1, 0.15) is 0 Å². The minimum absolute atomic E-state index is 0.0724. The highest BCUT2D eigenvalue weighted by atomic mass is 32.2. The lowest BCUT2D eigenvalue weighted by Crippen LogP contribution is -2.30. The van der Waals surface area contributed by atoms with Crippen molar-refractivity contribution >= 4 is 15.8 Å². The van der Waals surface area contributed by atoms with E-state index in [0.29, 0.717) is 18.5 Å². The Labute approximate surface area is 106 Å². The lowest BCUT2D eigenvalue weighted by Gasteiger charge is -2.12. The number of nitrogens with one attached hydrogen (secondary N) is 1. The molecule has 1 fully saturated rings. The second-order valence-electron chi connectivity index (χ2n) is 4.44. The van der Waals surface area contributed by atoms with Gasteiger partial charge in [0.05, 0.1) is 17.1 Å². The van der Waals surface area contributed by atoms with E-state index in [9.17, 15) is 13.2 Å². The van der Waals surface area contributed by atoms with Crippen molar-refractivity contribution in [1.82, 2.24) is 5.32 Å². The second-order valence-corrected chi connectivity index (χ2v) is 6.67. The Hall–Kier alpha value is -1.40. The number of hydrogen-bond donors (Lipinski definition) is 2. The fraction of sp³-hybridized carbons (Fsp3) is 0.417. The molecule has 1 heterocycles. The van der Waals surface area contributed by atoms with E-state index in [1.807, 2.05) is 0 Å². The molecule has 1 aromatic carbocycles. The summed E-state index contributed by atoms with van der Waals surface area (Å²) in [7, 11) is -2.91. The molecule has 6 heteroatoms. The quantitative estimate of drug-likeness (QED) is 0.839. The van der Waals surface area contributed by atoms with Crippen LogP contribution < -0.4 is 5.32 Å². The molecule has 1 saturated heterocycles. The highest BCUT2D eigenvalue weighted by Gasteiger charge is 2.27. The van der Waals surface area contributed by atoms with Gasteiger partial charge in [-0.1, -0.05) is 18.2 Å². The molecule has 1 atom stereocenters. The Bertz CT molecular complexity index is 553. The van der Waals surface area contributed by atoms with Gasteiger partial charge < -0.3 is 10.4 Å². The topological polar surface area (TPSA) is 83.5 Å². The summed E-state index contributed by atoms with van der Waals surface area (Å²) in [6, 6.07) is 6.66. The van der Waals surface area contributed by atoms with Gasteiger partial charge in [-0.2, -0.15) is 0 Å². The lowest BCUT2D eigenvalue weighted by atomic mass is 10.1. The Morgan fingerprint density at radius 2 is 2.11 bits per heavy atom. The van der Waals surface area contributed by atoms with E-state index in [1.165, 1.54) is 0 Å². The van der Waals surface area contributed by atoms with Gasteiger partial charge in [0.15, 0.2) is 9.84 Å². The molecule has 0 amide bonds. The molecule has 0 aromatic heterocycles. The highest BCUT2D eigenvalue weighted by Crippen LogP contribution is 2.13. The van der Waals surface area contributed by atoms with E-state index in [4.69, 9.17) is 5.11 Å². The lowest BCUT2D eigenvalue weighted by molar-refractivity contribution is 0.0695. The summed E-state index contributed by atoms with van der Waals surface area (Å²) in [4.78, 5) is 11.0.